The molecule has 132 valence electrons. The van der Waals surface area contributed by atoms with Crippen molar-refractivity contribution in [3.8, 4) is 11.4 Å². The summed E-state index contributed by atoms with van der Waals surface area (Å²) >= 11 is 7.21. The molecule has 3 rings (SSSR count). The highest BCUT2D eigenvalue weighted by Gasteiger charge is 2.09. The van der Waals surface area contributed by atoms with Gasteiger partial charge in [0.1, 0.15) is 0 Å². The summed E-state index contributed by atoms with van der Waals surface area (Å²) in [7, 11) is 0. The largest absolute Gasteiger partial charge is 0.355 e. The number of rotatable bonds is 7. The normalized spacial score (nSPS) is 14.2. The molecule has 0 atom stereocenters. The Hall–Kier alpha value is -1.79. The van der Waals surface area contributed by atoms with Gasteiger partial charge in [-0.15, -0.1) is 5.10 Å². The Bertz CT molecular complexity index is 742. The average Bonchev–Trinajstić information content (AvgIpc) is 3.10. The number of nitrogens with zero attached hydrogens (tertiary/aromatic N) is 2. The van der Waals surface area contributed by atoms with Gasteiger partial charge in [-0.25, -0.2) is 4.98 Å². The standard InChI is InChI=1S/C18H21ClN4OS/c19-15-8-6-14(7-9-15)17-21-18(23-22-17)25-12-16(24)20-11-10-13-4-2-1-3-5-13/h4,6-9H,1-3,5,10-12H2,(H,20,24)(H,21,22,23). The molecular formula is C18H21ClN4OS. The molecule has 0 fully saturated rings. The first-order valence-electron chi connectivity index (χ1n) is 8.46. The van der Waals surface area contributed by atoms with Gasteiger partial charge in [0.05, 0.1) is 5.75 Å². The molecule has 2 aromatic rings. The molecule has 1 aliphatic rings. The number of halogens is 1. The van der Waals surface area contributed by atoms with Crippen molar-refractivity contribution in [3.05, 3.63) is 40.9 Å². The van der Waals surface area contributed by atoms with E-state index < -0.39 is 0 Å². The van der Waals surface area contributed by atoms with E-state index in [1.54, 1.807) is 12.1 Å². The fourth-order valence-corrected chi connectivity index (χ4v) is 3.48. The minimum atomic E-state index is 0.0132. The third-order valence-corrected chi connectivity index (χ3v) is 5.17. The third-order valence-electron chi connectivity index (χ3n) is 4.07. The molecule has 5 nitrogen and oxygen atoms in total. The summed E-state index contributed by atoms with van der Waals surface area (Å²) in [6, 6.07) is 7.37. The molecule has 0 radical (unpaired) electrons. The van der Waals surface area contributed by atoms with Crippen molar-refractivity contribution in [1.82, 2.24) is 20.5 Å². The van der Waals surface area contributed by atoms with Crippen LogP contribution in [0.25, 0.3) is 11.4 Å². The summed E-state index contributed by atoms with van der Waals surface area (Å²) in [5.74, 6) is 1.000. The molecule has 7 heteroatoms. The van der Waals surface area contributed by atoms with Gasteiger partial charge in [0.2, 0.25) is 11.1 Å². The fourth-order valence-electron chi connectivity index (χ4n) is 2.72. The quantitative estimate of drug-likeness (QED) is 0.560. The molecule has 0 aliphatic heterocycles. The number of amides is 1. The predicted octanol–water partition coefficient (Wildman–Crippen LogP) is 4.22. The number of allylic oxidation sites excluding steroid dienone is 1. The summed E-state index contributed by atoms with van der Waals surface area (Å²) in [5, 5.41) is 11.2. The highest BCUT2D eigenvalue weighted by Crippen LogP contribution is 2.21. The van der Waals surface area contributed by atoms with Gasteiger partial charge in [0.25, 0.3) is 0 Å². The van der Waals surface area contributed by atoms with Crippen molar-refractivity contribution < 1.29 is 4.79 Å². The van der Waals surface area contributed by atoms with Gasteiger partial charge in [0, 0.05) is 17.1 Å². The zero-order valence-electron chi connectivity index (χ0n) is 13.9. The first kappa shape index (κ1) is 18.0. The van der Waals surface area contributed by atoms with Crippen LogP contribution in [-0.4, -0.2) is 33.4 Å². The SMILES string of the molecule is O=C(CSc1n[nH]c(-c2ccc(Cl)cc2)n1)NCCC1=CCCCC1. The maximum Gasteiger partial charge on any atom is 0.230 e. The zero-order valence-corrected chi connectivity index (χ0v) is 15.5. The van der Waals surface area contributed by atoms with E-state index in [-0.39, 0.29) is 5.91 Å². The molecule has 2 N–H and O–H groups in total. The van der Waals surface area contributed by atoms with E-state index >= 15 is 0 Å². The van der Waals surface area contributed by atoms with E-state index in [4.69, 9.17) is 11.6 Å². The number of nitrogens with one attached hydrogen (secondary N) is 2. The van der Waals surface area contributed by atoms with Crippen molar-refractivity contribution in [2.75, 3.05) is 12.3 Å². The van der Waals surface area contributed by atoms with Gasteiger partial charge >= 0.3 is 0 Å². The number of aromatic nitrogens is 3. The van der Waals surface area contributed by atoms with Gasteiger partial charge in [0.15, 0.2) is 5.82 Å². The molecule has 0 saturated heterocycles. The summed E-state index contributed by atoms with van der Waals surface area (Å²) in [4.78, 5) is 16.3. The summed E-state index contributed by atoms with van der Waals surface area (Å²) in [6.07, 6.45) is 8.20. The van der Waals surface area contributed by atoms with Crippen molar-refractivity contribution in [3.63, 3.8) is 0 Å². The molecule has 0 spiro atoms. The molecular weight excluding hydrogens is 356 g/mol. The lowest BCUT2D eigenvalue weighted by Gasteiger charge is -2.12. The molecule has 25 heavy (non-hydrogen) atoms. The number of aromatic amines is 1. The van der Waals surface area contributed by atoms with Crippen LogP contribution in [0.4, 0.5) is 0 Å². The van der Waals surface area contributed by atoms with E-state index in [9.17, 15) is 4.79 Å². The smallest absolute Gasteiger partial charge is 0.230 e. The lowest BCUT2D eigenvalue weighted by atomic mass is 9.97. The van der Waals surface area contributed by atoms with Gasteiger partial charge in [-0.2, -0.15) is 0 Å². The lowest BCUT2D eigenvalue weighted by molar-refractivity contribution is -0.118. The molecule has 1 amide bonds. The Kier molecular flexibility index (Phi) is 6.53. The zero-order chi connectivity index (χ0) is 17.5. The van der Waals surface area contributed by atoms with Crippen molar-refractivity contribution in [2.45, 2.75) is 37.3 Å². The summed E-state index contributed by atoms with van der Waals surface area (Å²) < 4.78 is 0. The van der Waals surface area contributed by atoms with Crippen LogP contribution in [0, 0.1) is 0 Å². The fraction of sp³-hybridized carbons (Fsp3) is 0.389. The van der Waals surface area contributed by atoms with Crippen LogP contribution < -0.4 is 5.32 Å². The van der Waals surface area contributed by atoms with Gasteiger partial charge in [-0.1, -0.05) is 35.0 Å². The number of hydrogen-bond acceptors (Lipinski definition) is 4. The Labute approximate surface area is 156 Å². The Balaban J connectivity index is 1.41. The van der Waals surface area contributed by atoms with Crippen LogP contribution in [0.15, 0.2) is 41.1 Å². The number of carbonyl (C=O) groups excluding carboxylic acids is 1. The summed E-state index contributed by atoms with van der Waals surface area (Å²) in [5.41, 5.74) is 2.38. The highest BCUT2D eigenvalue weighted by atomic mass is 35.5. The van der Waals surface area contributed by atoms with Crippen LogP contribution in [0.2, 0.25) is 5.02 Å². The third kappa shape index (κ3) is 5.61. The second kappa shape index (κ2) is 9.06. The maximum atomic E-state index is 11.9. The predicted molar refractivity (Wildman–Crippen MR) is 102 cm³/mol. The number of thioether (sulfide) groups is 1. The Morgan fingerprint density at radius 1 is 1.28 bits per heavy atom. The minimum Gasteiger partial charge on any atom is -0.355 e. The molecule has 0 unspecified atom stereocenters. The van der Waals surface area contributed by atoms with Crippen LogP contribution in [0.1, 0.15) is 32.1 Å². The second-order valence-electron chi connectivity index (χ2n) is 5.97. The number of carbonyl (C=O) groups is 1. The molecule has 1 heterocycles. The molecule has 1 aliphatic carbocycles. The van der Waals surface area contributed by atoms with Crippen molar-refractivity contribution in [2.24, 2.45) is 0 Å². The molecule has 0 bridgehead atoms. The van der Waals surface area contributed by atoms with Crippen LogP contribution >= 0.6 is 23.4 Å². The van der Waals surface area contributed by atoms with E-state index in [1.165, 1.54) is 43.0 Å². The molecule has 1 aromatic carbocycles. The Morgan fingerprint density at radius 3 is 2.88 bits per heavy atom. The molecule has 0 saturated carbocycles. The number of benzene rings is 1. The van der Waals surface area contributed by atoms with Crippen molar-refractivity contribution >= 4 is 29.3 Å². The first-order valence-corrected chi connectivity index (χ1v) is 9.83. The Morgan fingerprint density at radius 2 is 2.12 bits per heavy atom. The topological polar surface area (TPSA) is 70.7 Å². The van der Waals surface area contributed by atoms with Gasteiger partial charge in [-0.05, 0) is 56.4 Å². The van der Waals surface area contributed by atoms with E-state index in [0.29, 0.717) is 28.3 Å². The van der Waals surface area contributed by atoms with Crippen LogP contribution in [0.3, 0.4) is 0 Å². The van der Waals surface area contributed by atoms with Crippen LogP contribution in [0.5, 0.6) is 0 Å². The number of H-pyrrole nitrogens is 1. The van der Waals surface area contributed by atoms with Gasteiger partial charge < -0.3 is 5.32 Å². The minimum absolute atomic E-state index is 0.0132. The summed E-state index contributed by atoms with van der Waals surface area (Å²) in [6.45, 7) is 0.704. The van der Waals surface area contributed by atoms with E-state index in [1.807, 2.05) is 12.1 Å². The van der Waals surface area contributed by atoms with Crippen molar-refractivity contribution in [1.29, 1.82) is 0 Å². The highest BCUT2D eigenvalue weighted by molar-refractivity contribution is 7.99. The van der Waals surface area contributed by atoms with E-state index in [2.05, 4.69) is 26.6 Å². The molecule has 1 aromatic heterocycles. The van der Waals surface area contributed by atoms with Gasteiger partial charge in [-0.3, -0.25) is 9.89 Å². The lowest BCUT2D eigenvalue weighted by Crippen LogP contribution is -2.26. The van der Waals surface area contributed by atoms with Crippen LogP contribution in [-0.2, 0) is 4.79 Å². The monoisotopic (exact) mass is 376 g/mol. The number of hydrogen-bond donors (Lipinski definition) is 2. The maximum absolute atomic E-state index is 11.9. The van der Waals surface area contributed by atoms with E-state index in [0.717, 1.165) is 12.0 Å². The first-order chi connectivity index (χ1) is 12.2. The average molecular weight is 377 g/mol. The second-order valence-corrected chi connectivity index (χ2v) is 7.35.